The van der Waals surface area contributed by atoms with Gasteiger partial charge in [0.1, 0.15) is 0 Å². The summed E-state index contributed by atoms with van der Waals surface area (Å²) in [6.07, 6.45) is 0. The minimum absolute atomic E-state index is 0.0854. The van der Waals surface area contributed by atoms with Crippen molar-refractivity contribution in [3.8, 4) is 5.88 Å². The van der Waals surface area contributed by atoms with Crippen molar-refractivity contribution in [3.05, 3.63) is 90.0 Å². The molecule has 0 unspecified atom stereocenters. The van der Waals surface area contributed by atoms with Crippen LogP contribution in [0.4, 0.5) is 11.4 Å². The van der Waals surface area contributed by atoms with E-state index in [1.54, 1.807) is 0 Å². The molecule has 1 aliphatic heterocycles. The highest BCUT2D eigenvalue weighted by atomic mass is 16.5. The summed E-state index contributed by atoms with van der Waals surface area (Å²) < 4.78 is 5.46. The number of aromatic hydroxyl groups is 1. The summed E-state index contributed by atoms with van der Waals surface area (Å²) in [5, 5.41) is 11.8. The van der Waals surface area contributed by atoms with E-state index >= 15 is 0 Å². The number of carbonyl (C=O) groups is 1. The molecule has 3 aromatic carbocycles. The molecule has 2 heterocycles. The van der Waals surface area contributed by atoms with Gasteiger partial charge >= 0.3 is 0 Å². The van der Waals surface area contributed by atoms with E-state index in [9.17, 15) is 9.90 Å². The van der Waals surface area contributed by atoms with Gasteiger partial charge in [-0.2, -0.15) is 0 Å². The van der Waals surface area contributed by atoms with Crippen molar-refractivity contribution in [1.82, 2.24) is 9.88 Å². The molecular weight excluding hydrogens is 476 g/mol. The molecule has 1 aliphatic rings. The lowest BCUT2D eigenvalue weighted by Crippen LogP contribution is -2.44. The Morgan fingerprint density at radius 1 is 1.00 bits per heavy atom. The minimum atomic E-state index is -0.105. The minimum Gasteiger partial charge on any atom is -0.494 e. The van der Waals surface area contributed by atoms with Gasteiger partial charge in [-0.25, -0.2) is 4.99 Å². The Bertz CT molecular complexity index is 1400. The van der Waals surface area contributed by atoms with Crippen LogP contribution in [0.15, 0.2) is 83.9 Å². The Kier molecular flexibility index (Phi) is 7.86. The van der Waals surface area contributed by atoms with Gasteiger partial charge in [0.2, 0.25) is 5.91 Å². The Morgan fingerprint density at radius 3 is 2.39 bits per heavy atom. The molecular formula is C31H34N4O3. The second kappa shape index (κ2) is 11.6. The number of hydrogen-bond donors (Lipinski definition) is 2. The first-order chi connectivity index (χ1) is 18.5. The van der Waals surface area contributed by atoms with E-state index < -0.39 is 0 Å². The molecule has 1 aromatic heterocycles. The summed E-state index contributed by atoms with van der Waals surface area (Å²) >= 11 is 0. The molecule has 1 fully saturated rings. The van der Waals surface area contributed by atoms with Crippen molar-refractivity contribution in [2.24, 2.45) is 10.9 Å². The van der Waals surface area contributed by atoms with E-state index in [4.69, 9.17) is 9.73 Å². The predicted molar refractivity (Wildman–Crippen MR) is 153 cm³/mol. The maximum Gasteiger partial charge on any atom is 0.229 e. The molecule has 1 amide bonds. The first-order valence-electron chi connectivity index (χ1n) is 13.2. The van der Waals surface area contributed by atoms with Gasteiger partial charge < -0.3 is 19.7 Å². The van der Waals surface area contributed by atoms with Crippen LogP contribution in [0.5, 0.6) is 5.88 Å². The third kappa shape index (κ3) is 5.64. The zero-order valence-corrected chi connectivity index (χ0v) is 21.9. The fraction of sp³-hybridized carbons (Fsp3) is 0.290. The van der Waals surface area contributed by atoms with Crippen molar-refractivity contribution < 1.29 is 14.6 Å². The third-order valence-corrected chi connectivity index (χ3v) is 6.88. The van der Waals surface area contributed by atoms with Crippen molar-refractivity contribution in [2.45, 2.75) is 13.8 Å². The van der Waals surface area contributed by atoms with Gasteiger partial charge in [-0.15, -0.1) is 0 Å². The Balaban J connectivity index is 1.47. The second-order valence-electron chi connectivity index (χ2n) is 9.84. The number of carbonyl (C=O) groups excluding carboxylic acids is 1. The number of nitrogens with one attached hydrogen (secondary N) is 1. The molecule has 7 heteroatoms. The maximum atomic E-state index is 13.1. The molecule has 4 aromatic rings. The molecule has 0 atom stereocenters. The van der Waals surface area contributed by atoms with Crippen LogP contribution in [0.25, 0.3) is 10.9 Å². The quantitative estimate of drug-likeness (QED) is 0.313. The van der Waals surface area contributed by atoms with Crippen molar-refractivity contribution >= 4 is 33.9 Å². The zero-order valence-electron chi connectivity index (χ0n) is 21.9. The molecule has 196 valence electrons. The van der Waals surface area contributed by atoms with E-state index in [0.717, 1.165) is 60.7 Å². The summed E-state index contributed by atoms with van der Waals surface area (Å²) in [5.74, 6) is 0.0809. The number of H-pyrrole nitrogens is 1. The fourth-order valence-corrected chi connectivity index (χ4v) is 4.81. The molecule has 7 nitrogen and oxygen atoms in total. The average molecular weight is 511 g/mol. The highest BCUT2D eigenvalue weighted by Gasteiger charge is 2.21. The lowest BCUT2D eigenvalue weighted by atomic mass is 10.0. The number of anilines is 1. The highest BCUT2D eigenvalue weighted by Crippen LogP contribution is 2.32. The van der Waals surface area contributed by atoms with Gasteiger partial charge in [-0.1, -0.05) is 62.4 Å². The molecule has 0 bridgehead atoms. The number of aliphatic imine (C=N–C) groups is 1. The summed E-state index contributed by atoms with van der Waals surface area (Å²) in [6.45, 7) is 8.55. The summed E-state index contributed by atoms with van der Waals surface area (Å²) in [4.78, 5) is 25.4. The van der Waals surface area contributed by atoms with Crippen LogP contribution >= 0.6 is 0 Å². The van der Waals surface area contributed by atoms with E-state index in [1.165, 1.54) is 0 Å². The van der Waals surface area contributed by atoms with Crippen molar-refractivity contribution in [2.75, 3.05) is 44.3 Å². The van der Waals surface area contributed by atoms with Crippen molar-refractivity contribution in [3.63, 3.8) is 0 Å². The first kappa shape index (κ1) is 25.7. The zero-order chi connectivity index (χ0) is 26.5. The molecule has 5 rings (SSSR count). The number of morpholine rings is 1. The van der Waals surface area contributed by atoms with E-state index in [-0.39, 0.29) is 17.7 Å². The van der Waals surface area contributed by atoms with E-state index in [1.807, 2.05) is 97.6 Å². The van der Waals surface area contributed by atoms with Gasteiger partial charge in [-0.3, -0.25) is 9.69 Å². The molecule has 0 aliphatic carbocycles. The lowest BCUT2D eigenvalue weighted by molar-refractivity contribution is -0.121. The Hall–Kier alpha value is -3.94. The van der Waals surface area contributed by atoms with Crippen LogP contribution in [-0.4, -0.2) is 66.0 Å². The van der Waals surface area contributed by atoms with Crippen LogP contribution in [0, 0.1) is 5.92 Å². The van der Waals surface area contributed by atoms with Crippen LogP contribution in [-0.2, 0) is 9.53 Å². The van der Waals surface area contributed by atoms with Gasteiger partial charge in [0.25, 0.3) is 0 Å². The number of hydrogen-bond acceptors (Lipinski definition) is 5. The normalized spacial score (nSPS) is 14.8. The van der Waals surface area contributed by atoms with Gasteiger partial charge in [0.15, 0.2) is 5.88 Å². The Morgan fingerprint density at radius 2 is 1.68 bits per heavy atom. The highest BCUT2D eigenvalue weighted by molar-refractivity contribution is 6.21. The van der Waals surface area contributed by atoms with Crippen LogP contribution in [0.2, 0.25) is 0 Å². The number of aromatic nitrogens is 1. The van der Waals surface area contributed by atoms with E-state index in [0.29, 0.717) is 17.8 Å². The topological polar surface area (TPSA) is 81.2 Å². The van der Waals surface area contributed by atoms with Gasteiger partial charge in [-0.05, 0) is 30.3 Å². The number of nitrogens with zero attached hydrogens (tertiary/aromatic N) is 3. The summed E-state index contributed by atoms with van der Waals surface area (Å²) in [5.41, 5.74) is 4.68. The maximum absolute atomic E-state index is 13.1. The molecule has 2 N–H and O–H groups in total. The van der Waals surface area contributed by atoms with Crippen molar-refractivity contribution in [1.29, 1.82) is 0 Å². The van der Waals surface area contributed by atoms with Crippen LogP contribution < -0.4 is 4.90 Å². The number of ether oxygens (including phenoxy) is 1. The number of para-hydroxylation sites is 1. The van der Waals surface area contributed by atoms with Crippen LogP contribution in [0.3, 0.4) is 0 Å². The smallest absolute Gasteiger partial charge is 0.229 e. The number of benzene rings is 3. The largest absolute Gasteiger partial charge is 0.494 e. The third-order valence-electron chi connectivity index (χ3n) is 6.88. The van der Waals surface area contributed by atoms with Crippen LogP contribution in [0.1, 0.15) is 25.0 Å². The molecule has 1 saturated heterocycles. The average Bonchev–Trinajstić information content (AvgIpc) is 3.28. The predicted octanol–water partition coefficient (Wildman–Crippen LogP) is 5.36. The first-order valence-corrected chi connectivity index (χ1v) is 13.2. The SMILES string of the molecule is CC(C)C(=O)N(CCN1CCOCC1)c1ccc(N=C(c2ccccc2)c2c(O)[nH]c3ccccc23)cc1. The lowest BCUT2D eigenvalue weighted by Gasteiger charge is -2.31. The molecule has 38 heavy (non-hydrogen) atoms. The van der Waals surface area contributed by atoms with E-state index in [2.05, 4.69) is 9.88 Å². The number of fused-ring (bicyclic) bond motifs is 1. The molecule has 0 radical (unpaired) electrons. The summed E-state index contributed by atoms with van der Waals surface area (Å²) in [6, 6.07) is 25.4. The Labute approximate surface area is 223 Å². The number of amides is 1. The number of aromatic amines is 1. The van der Waals surface area contributed by atoms with Gasteiger partial charge in [0, 0.05) is 54.3 Å². The monoisotopic (exact) mass is 510 g/mol. The van der Waals surface area contributed by atoms with Gasteiger partial charge in [0.05, 0.1) is 30.2 Å². The molecule has 0 saturated carbocycles. The molecule has 0 spiro atoms. The second-order valence-corrected chi connectivity index (χ2v) is 9.84. The fourth-order valence-electron chi connectivity index (χ4n) is 4.81. The standard InChI is InChI=1S/C31H34N4O3/c1-22(2)31(37)35(17-16-34-18-20-38-21-19-34)25-14-12-24(13-15-25)32-29(23-8-4-3-5-9-23)28-26-10-6-7-11-27(26)33-30(28)36/h3-15,22,33,36H,16-21H2,1-2H3. The summed E-state index contributed by atoms with van der Waals surface area (Å²) in [7, 11) is 0. The number of rotatable bonds is 8.